The fourth-order valence-corrected chi connectivity index (χ4v) is 3.10. The molecule has 1 aromatic heterocycles. The number of rotatable bonds is 3. The van der Waals surface area contributed by atoms with Gasteiger partial charge in [-0.1, -0.05) is 0 Å². The minimum atomic E-state index is -0.256. The van der Waals surface area contributed by atoms with E-state index in [1.807, 2.05) is 17.9 Å². The molecule has 0 aliphatic carbocycles. The summed E-state index contributed by atoms with van der Waals surface area (Å²) < 4.78 is 1.75. The second-order valence-electron chi connectivity index (χ2n) is 4.38. The number of halogens is 2. The number of nitrogens with one attached hydrogen (secondary N) is 1. The van der Waals surface area contributed by atoms with E-state index in [0.29, 0.717) is 5.82 Å². The maximum Gasteiger partial charge on any atom is 0.244 e. The lowest BCUT2D eigenvalue weighted by atomic mass is 10.3. The molecular weight excluding hydrogens is 362 g/mol. The average molecular weight is 377 g/mol. The first-order chi connectivity index (χ1) is 8.58. The highest BCUT2D eigenvalue weighted by molar-refractivity contribution is 9.11. The number of amides is 1. The Kier molecular flexibility index (Phi) is 4.61. The first-order valence-electron chi connectivity index (χ1n) is 5.94. The fraction of sp³-hybridized carbons (Fsp3) is 0.500. The van der Waals surface area contributed by atoms with Crippen molar-refractivity contribution in [3.8, 4) is 0 Å². The van der Waals surface area contributed by atoms with Gasteiger partial charge in [0.05, 0.1) is 4.47 Å². The third-order valence-corrected chi connectivity index (χ3v) is 3.99. The monoisotopic (exact) mass is 375 g/mol. The van der Waals surface area contributed by atoms with Gasteiger partial charge in [0, 0.05) is 23.8 Å². The topological polar surface area (TPSA) is 45.2 Å². The number of nitrogens with zero attached hydrogens (tertiary/aromatic N) is 2. The minimum Gasteiger partial charge on any atom is -0.358 e. The molecular formula is C12H15Br2N3O. The van der Waals surface area contributed by atoms with Gasteiger partial charge in [0.1, 0.15) is 11.9 Å². The summed E-state index contributed by atoms with van der Waals surface area (Å²) in [5.74, 6) is 0.836. The summed E-state index contributed by atoms with van der Waals surface area (Å²) in [7, 11) is 0. The standard InChI is InChI=1S/C12H15Br2N3O/c1-8(12(18)17-4-2-3-5-17)16-11-10(14)6-9(13)7-15-11/h6-8H,2-5H2,1H3,(H,15,16). The highest BCUT2D eigenvalue weighted by Gasteiger charge is 2.23. The molecule has 0 saturated carbocycles. The molecule has 6 heteroatoms. The average Bonchev–Trinajstić information content (AvgIpc) is 2.85. The Labute approximate surface area is 123 Å². The van der Waals surface area contributed by atoms with Crippen LogP contribution < -0.4 is 5.32 Å². The summed E-state index contributed by atoms with van der Waals surface area (Å²) in [6, 6.07) is 1.65. The third-order valence-electron chi connectivity index (χ3n) is 2.95. The molecule has 1 N–H and O–H groups in total. The van der Waals surface area contributed by atoms with Crippen molar-refractivity contribution in [3.63, 3.8) is 0 Å². The van der Waals surface area contributed by atoms with Crippen LogP contribution in [0.25, 0.3) is 0 Å². The van der Waals surface area contributed by atoms with Crippen molar-refractivity contribution in [2.45, 2.75) is 25.8 Å². The van der Waals surface area contributed by atoms with Crippen molar-refractivity contribution >= 4 is 43.6 Å². The Balaban J connectivity index is 2.01. The molecule has 98 valence electrons. The lowest BCUT2D eigenvalue weighted by Gasteiger charge is -2.21. The summed E-state index contributed by atoms with van der Waals surface area (Å²) in [6.07, 6.45) is 3.93. The van der Waals surface area contributed by atoms with E-state index in [1.165, 1.54) is 0 Å². The van der Waals surface area contributed by atoms with Crippen LogP contribution in [0, 0.1) is 0 Å². The minimum absolute atomic E-state index is 0.143. The van der Waals surface area contributed by atoms with Gasteiger partial charge in [0.2, 0.25) is 5.91 Å². The molecule has 0 spiro atoms. The molecule has 2 heterocycles. The molecule has 1 aliphatic heterocycles. The van der Waals surface area contributed by atoms with Gasteiger partial charge < -0.3 is 10.2 Å². The first kappa shape index (κ1) is 13.8. The van der Waals surface area contributed by atoms with E-state index in [-0.39, 0.29) is 11.9 Å². The number of carbonyl (C=O) groups is 1. The van der Waals surface area contributed by atoms with Crippen LogP contribution in [0.1, 0.15) is 19.8 Å². The Morgan fingerprint density at radius 3 is 2.72 bits per heavy atom. The summed E-state index contributed by atoms with van der Waals surface area (Å²) >= 11 is 6.78. The summed E-state index contributed by atoms with van der Waals surface area (Å²) in [4.78, 5) is 18.3. The van der Waals surface area contributed by atoms with Crippen molar-refractivity contribution in [2.24, 2.45) is 0 Å². The van der Waals surface area contributed by atoms with Crippen molar-refractivity contribution in [3.05, 3.63) is 21.2 Å². The van der Waals surface area contributed by atoms with Gasteiger partial charge >= 0.3 is 0 Å². The van der Waals surface area contributed by atoms with E-state index in [9.17, 15) is 4.79 Å². The van der Waals surface area contributed by atoms with Crippen molar-refractivity contribution in [1.82, 2.24) is 9.88 Å². The Morgan fingerprint density at radius 2 is 2.11 bits per heavy atom. The zero-order valence-electron chi connectivity index (χ0n) is 10.1. The van der Waals surface area contributed by atoms with Gasteiger partial charge in [-0.25, -0.2) is 4.98 Å². The molecule has 1 saturated heterocycles. The second-order valence-corrected chi connectivity index (χ2v) is 6.15. The van der Waals surface area contributed by atoms with Crippen LogP contribution in [0.15, 0.2) is 21.2 Å². The van der Waals surface area contributed by atoms with Crippen molar-refractivity contribution in [2.75, 3.05) is 18.4 Å². The van der Waals surface area contributed by atoms with E-state index < -0.39 is 0 Å². The molecule has 2 rings (SSSR count). The van der Waals surface area contributed by atoms with Crippen LogP contribution in [0.5, 0.6) is 0 Å². The largest absolute Gasteiger partial charge is 0.358 e. The molecule has 4 nitrogen and oxygen atoms in total. The number of carbonyl (C=O) groups excluding carboxylic acids is 1. The Hall–Kier alpha value is -0.620. The van der Waals surface area contributed by atoms with Crippen LogP contribution in [0.3, 0.4) is 0 Å². The predicted octanol–water partition coefficient (Wildman–Crippen LogP) is 3.03. The van der Waals surface area contributed by atoms with E-state index in [2.05, 4.69) is 42.2 Å². The molecule has 0 bridgehead atoms. The quantitative estimate of drug-likeness (QED) is 0.881. The van der Waals surface area contributed by atoms with Crippen LogP contribution >= 0.6 is 31.9 Å². The molecule has 1 unspecified atom stereocenters. The second kappa shape index (κ2) is 6.02. The normalized spacial score (nSPS) is 16.7. The zero-order valence-corrected chi connectivity index (χ0v) is 13.3. The Bertz CT molecular complexity index is 447. The van der Waals surface area contributed by atoms with Gasteiger partial charge in [-0.15, -0.1) is 0 Å². The Morgan fingerprint density at radius 1 is 1.44 bits per heavy atom. The number of aromatic nitrogens is 1. The van der Waals surface area contributed by atoms with Crippen LogP contribution in [0.4, 0.5) is 5.82 Å². The van der Waals surface area contributed by atoms with Crippen LogP contribution in [-0.2, 0) is 4.79 Å². The zero-order chi connectivity index (χ0) is 13.1. The van der Waals surface area contributed by atoms with Crippen LogP contribution in [-0.4, -0.2) is 34.9 Å². The molecule has 0 radical (unpaired) electrons. The number of anilines is 1. The number of hydrogen-bond acceptors (Lipinski definition) is 3. The molecule has 1 aromatic rings. The third kappa shape index (κ3) is 3.23. The van der Waals surface area contributed by atoms with Crippen molar-refractivity contribution in [1.29, 1.82) is 0 Å². The molecule has 1 atom stereocenters. The molecule has 1 aliphatic rings. The molecule has 18 heavy (non-hydrogen) atoms. The van der Waals surface area contributed by atoms with Gasteiger partial charge in [-0.05, 0) is 57.7 Å². The van der Waals surface area contributed by atoms with E-state index >= 15 is 0 Å². The maximum absolute atomic E-state index is 12.1. The molecule has 1 amide bonds. The summed E-state index contributed by atoms with van der Waals surface area (Å²) in [5, 5.41) is 3.14. The van der Waals surface area contributed by atoms with E-state index in [1.54, 1.807) is 6.20 Å². The fourth-order valence-electron chi connectivity index (χ4n) is 2.00. The SMILES string of the molecule is CC(Nc1ncc(Br)cc1Br)C(=O)N1CCCC1. The summed E-state index contributed by atoms with van der Waals surface area (Å²) in [5.41, 5.74) is 0. The molecule has 1 fully saturated rings. The van der Waals surface area contributed by atoms with Gasteiger partial charge in [0.15, 0.2) is 0 Å². The van der Waals surface area contributed by atoms with E-state index in [4.69, 9.17) is 0 Å². The lowest BCUT2D eigenvalue weighted by Crippen LogP contribution is -2.39. The lowest BCUT2D eigenvalue weighted by molar-refractivity contribution is -0.130. The predicted molar refractivity (Wildman–Crippen MR) is 78.5 cm³/mol. The van der Waals surface area contributed by atoms with E-state index in [0.717, 1.165) is 34.9 Å². The van der Waals surface area contributed by atoms with Crippen molar-refractivity contribution < 1.29 is 4.79 Å². The first-order valence-corrected chi connectivity index (χ1v) is 7.53. The van der Waals surface area contributed by atoms with Gasteiger partial charge in [0.25, 0.3) is 0 Å². The highest BCUT2D eigenvalue weighted by Crippen LogP contribution is 2.24. The smallest absolute Gasteiger partial charge is 0.244 e. The summed E-state index contributed by atoms with van der Waals surface area (Å²) in [6.45, 7) is 3.62. The maximum atomic E-state index is 12.1. The number of pyridine rings is 1. The van der Waals surface area contributed by atoms with Gasteiger partial charge in [-0.2, -0.15) is 0 Å². The number of likely N-dealkylation sites (tertiary alicyclic amines) is 1. The molecule has 0 aromatic carbocycles. The van der Waals surface area contributed by atoms with Gasteiger partial charge in [-0.3, -0.25) is 4.79 Å². The number of hydrogen-bond donors (Lipinski definition) is 1. The highest BCUT2D eigenvalue weighted by atomic mass is 79.9. The van der Waals surface area contributed by atoms with Crippen LogP contribution in [0.2, 0.25) is 0 Å².